The second-order valence-corrected chi connectivity index (χ2v) is 18.1. The zero-order valence-corrected chi connectivity index (χ0v) is 42.3. The summed E-state index contributed by atoms with van der Waals surface area (Å²) < 4.78 is 16.8. The third-order valence-corrected chi connectivity index (χ3v) is 11.7. The molecule has 0 aromatic carbocycles. The van der Waals surface area contributed by atoms with Gasteiger partial charge in [0.1, 0.15) is 13.2 Å². The zero-order chi connectivity index (χ0) is 46.5. The van der Waals surface area contributed by atoms with Gasteiger partial charge in [-0.2, -0.15) is 0 Å². The molecule has 0 bridgehead atoms. The van der Waals surface area contributed by atoms with Gasteiger partial charge in [0, 0.05) is 19.3 Å². The molecule has 0 rings (SSSR count). The Bertz CT molecular complexity index is 1170. The number of rotatable bonds is 49. The molecule has 64 heavy (non-hydrogen) atoms. The predicted octanol–water partition coefficient (Wildman–Crippen LogP) is 18.0. The molecule has 0 fully saturated rings. The quantitative estimate of drug-likeness (QED) is 0.0262. The molecule has 0 unspecified atom stereocenters. The lowest BCUT2D eigenvalue weighted by Crippen LogP contribution is -2.30. The number of carbonyl (C=O) groups excluding carboxylic acids is 3. The van der Waals surface area contributed by atoms with E-state index in [9.17, 15) is 14.4 Å². The minimum atomic E-state index is -0.797. The van der Waals surface area contributed by atoms with Crippen LogP contribution in [0.3, 0.4) is 0 Å². The van der Waals surface area contributed by atoms with Crippen LogP contribution in [0.25, 0.3) is 0 Å². The average molecular weight is 895 g/mol. The second-order valence-electron chi connectivity index (χ2n) is 18.1. The Balaban J connectivity index is 4.43. The lowest BCUT2D eigenvalue weighted by molar-refractivity contribution is -0.167. The van der Waals surface area contributed by atoms with Crippen LogP contribution in [0.4, 0.5) is 0 Å². The highest BCUT2D eigenvalue weighted by Gasteiger charge is 2.19. The van der Waals surface area contributed by atoms with E-state index >= 15 is 0 Å². The number of carbonyl (C=O) groups is 3. The van der Waals surface area contributed by atoms with E-state index in [0.29, 0.717) is 19.3 Å². The topological polar surface area (TPSA) is 78.9 Å². The van der Waals surface area contributed by atoms with E-state index in [4.69, 9.17) is 14.2 Å². The molecular weight excluding hydrogens is 793 g/mol. The van der Waals surface area contributed by atoms with Crippen LogP contribution in [-0.4, -0.2) is 37.2 Å². The van der Waals surface area contributed by atoms with Crippen LogP contribution >= 0.6 is 0 Å². The molecule has 0 N–H and O–H groups in total. The highest BCUT2D eigenvalue weighted by Crippen LogP contribution is 2.16. The first-order valence-corrected chi connectivity index (χ1v) is 27.3. The van der Waals surface area contributed by atoms with E-state index in [-0.39, 0.29) is 37.5 Å². The molecule has 0 saturated heterocycles. The zero-order valence-electron chi connectivity index (χ0n) is 42.3. The molecule has 0 aromatic rings. The van der Waals surface area contributed by atoms with Crippen LogP contribution in [0.2, 0.25) is 0 Å². The van der Waals surface area contributed by atoms with Crippen molar-refractivity contribution in [1.82, 2.24) is 0 Å². The van der Waals surface area contributed by atoms with Gasteiger partial charge in [-0.15, -0.1) is 0 Å². The predicted molar refractivity (Wildman–Crippen MR) is 275 cm³/mol. The molecule has 0 amide bonds. The second kappa shape index (κ2) is 52.7. The van der Waals surface area contributed by atoms with Gasteiger partial charge in [-0.3, -0.25) is 14.4 Å². The first-order valence-electron chi connectivity index (χ1n) is 27.3. The fraction of sp³-hybridized carbons (Fsp3) is 0.776. The highest BCUT2D eigenvalue weighted by molar-refractivity contribution is 5.71. The monoisotopic (exact) mass is 895 g/mol. The van der Waals surface area contributed by atoms with Gasteiger partial charge in [0.25, 0.3) is 0 Å². The number of esters is 3. The van der Waals surface area contributed by atoms with Gasteiger partial charge >= 0.3 is 17.9 Å². The van der Waals surface area contributed by atoms with Crippen LogP contribution in [0.15, 0.2) is 60.8 Å². The summed E-state index contributed by atoms with van der Waals surface area (Å²) in [7, 11) is 0. The number of ether oxygens (including phenoxy) is 3. The average Bonchev–Trinajstić information content (AvgIpc) is 3.29. The van der Waals surface area contributed by atoms with E-state index in [1.54, 1.807) is 0 Å². The van der Waals surface area contributed by atoms with Crippen molar-refractivity contribution in [2.75, 3.05) is 13.2 Å². The number of hydrogen-bond acceptors (Lipinski definition) is 6. The summed E-state index contributed by atoms with van der Waals surface area (Å²) in [4.78, 5) is 38.0. The maximum atomic E-state index is 12.8. The third-order valence-electron chi connectivity index (χ3n) is 11.7. The van der Waals surface area contributed by atoms with Crippen molar-refractivity contribution in [3.8, 4) is 0 Å². The lowest BCUT2D eigenvalue weighted by Gasteiger charge is -2.18. The Labute approximate surface area is 396 Å². The van der Waals surface area contributed by atoms with Crippen LogP contribution in [-0.2, 0) is 28.6 Å². The standard InChI is InChI=1S/C58H102O6/c1-4-7-10-13-16-19-22-25-27-29-31-33-36-39-42-45-48-51-57(60)63-54-55(53-62-56(59)50-47-44-41-38-35-24-21-18-15-12-9-6-3)64-58(61)52-49-46-43-40-37-34-32-30-28-26-23-20-17-14-11-8-5-2/h16,18-19,21,25,27,31,33,39,42,55H,4-15,17,20,22-24,26,28-30,32,34-38,40-41,43-54H2,1-3H3/b19-16-,21-18-,27-25-,33-31-,42-39-/t55-/m1/s1. The minimum absolute atomic E-state index is 0.0935. The van der Waals surface area contributed by atoms with Crippen molar-refractivity contribution in [2.45, 2.75) is 277 Å². The van der Waals surface area contributed by atoms with Gasteiger partial charge < -0.3 is 14.2 Å². The van der Waals surface area contributed by atoms with Crippen LogP contribution in [0.5, 0.6) is 0 Å². The smallest absolute Gasteiger partial charge is 0.306 e. The van der Waals surface area contributed by atoms with E-state index < -0.39 is 6.10 Å². The molecule has 0 aliphatic carbocycles. The molecule has 1 atom stereocenters. The number of hydrogen-bond donors (Lipinski definition) is 0. The molecule has 0 aromatic heterocycles. The Kier molecular flexibility index (Phi) is 50.4. The SMILES string of the molecule is CCCCC/C=C\C/C=C\C/C=C\C/C=C\CCCC(=O)OC[C@@H](COC(=O)CCCCCCC/C=C\CCCCC)OC(=O)CCCCCCCCCCCCCCCCCCC. The third kappa shape index (κ3) is 50.1. The summed E-state index contributed by atoms with van der Waals surface area (Å²) in [5.74, 6) is -0.952. The first kappa shape index (κ1) is 61.1. The van der Waals surface area contributed by atoms with E-state index in [1.807, 2.05) is 0 Å². The molecule has 0 heterocycles. The number of unbranched alkanes of at least 4 members (excludes halogenated alkanes) is 28. The molecule has 0 spiro atoms. The highest BCUT2D eigenvalue weighted by atomic mass is 16.6. The summed E-state index contributed by atoms with van der Waals surface area (Å²) in [5.41, 5.74) is 0. The molecule has 370 valence electrons. The largest absolute Gasteiger partial charge is 0.462 e. The summed E-state index contributed by atoms with van der Waals surface area (Å²) in [6, 6.07) is 0. The molecule has 6 heteroatoms. The molecule has 0 saturated carbocycles. The fourth-order valence-electron chi connectivity index (χ4n) is 7.61. The van der Waals surface area contributed by atoms with Gasteiger partial charge in [0.2, 0.25) is 0 Å². The lowest BCUT2D eigenvalue weighted by atomic mass is 10.0. The van der Waals surface area contributed by atoms with Gasteiger partial charge in [0.15, 0.2) is 6.10 Å². The van der Waals surface area contributed by atoms with Crippen molar-refractivity contribution in [3.63, 3.8) is 0 Å². The maximum absolute atomic E-state index is 12.8. The molecule has 0 aliphatic heterocycles. The van der Waals surface area contributed by atoms with Crippen LogP contribution in [0.1, 0.15) is 271 Å². The molecule has 6 nitrogen and oxygen atoms in total. The summed E-state index contributed by atoms with van der Waals surface area (Å²) in [6.45, 7) is 6.55. The van der Waals surface area contributed by atoms with Crippen molar-refractivity contribution in [2.24, 2.45) is 0 Å². The van der Waals surface area contributed by atoms with E-state index in [0.717, 1.165) is 70.6 Å². The van der Waals surface area contributed by atoms with Crippen molar-refractivity contribution >= 4 is 17.9 Å². The summed E-state index contributed by atoms with van der Waals surface area (Å²) >= 11 is 0. The van der Waals surface area contributed by atoms with Gasteiger partial charge in [-0.1, -0.05) is 229 Å². The normalized spacial score (nSPS) is 12.5. The van der Waals surface area contributed by atoms with Gasteiger partial charge in [0.05, 0.1) is 0 Å². The summed E-state index contributed by atoms with van der Waals surface area (Å²) in [6.07, 6.45) is 65.0. The van der Waals surface area contributed by atoms with E-state index in [2.05, 4.69) is 81.5 Å². The molecule has 0 radical (unpaired) electrons. The van der Waals surface area contributed by atoms with Crippen molar-refractivity contribution in [3.05, 3.63) is 60.8 Å². The number of allylic oxidation sites excluding steroid dienone is 10. The van der Waals surface area contributed by atoms with Crippen LogP contribution in [0, 0.1) is 0 Å². The molecule has 0 aliphatic rings. The Morgan fingerprint density at radius 1 is 0.312 bits per heavy atom. The Hall–Kier alpha value is -2.89. The van der Waals surface area contributed by atoms with Gasteiger partial charge in [-0.25, -0.2) is 0 Å². The summed E-state index contributed by atoms with van der Waals surface area (Å²) in [5, 5.41) is 0. The Morgan fingerprint density at radius 2 is 0.578 bits per heavy atom. The maximum Gasteiger partial charge on any atom is 0.306 e. The van der Waals surface area contributed by atoms with E-state index in [1.165, 1.54) is 154 Å². The van der Waals surface area contributed by atoms with Crippen molar-refractivity contribution < 1.29 is 28.6 Å². The van der Waals surface area contributed by atoms with Crippen LogP contribution < -0.4 is 0 Å². The van der Waals surface area contributed by atoms with Crippen molar-refractivity contribution in [1.29, 1.82) is 0 Å². The molecular formula is C58H102O6. The minimum Gasteiger partial charge on any atom is -0.462 e. The first-order chi connectivity index (χ1) is 31.5. The Morgan fingerprint density at radius 3 is 0.984 bits per heavy atom. The van der Waals surface area contributed by atoms with Gasteiger partial charge in [-0.05, 0) is 83.5 Å². The fourth-order valence-corrected chi connectivity index (χ4v) is 7.61.